The van der Waals surface area contributed by atoms with Gasteiger partial charge in [0.05, 0.1) is 5.48 Å². The SMILES string of the molecule is [2H]c1c([2H])c([2H])c2c(c1[2H])c1ccc(Oc3[c-]c(N4[CH-]N(c5c(-c6ccc7c(c6)C(C)(C)CCC7(C)C)cc(C(C)(C)C)cc5-c5ccc(C(C)(C)C)cc5C(C)(C)C)c5ccccc54)ccc3)[c-]c1n2-c1cc(C(C)(C)C)ccn1.[Pt]. The van der Waals surface area contributed by atoms with Gasteiger partial charge in [-0.3, -0.25) is 0 Å². The average molecular weight is 1210 g/mol. The summed E-state index contributed by atoms with van der Waals surface area (Å²) in [6.45, 7) is 39.1. The molecule has 2 aromatic heterocycles. The zero-order valence-corrected chi connectivity index (χ0v) is 50.8. The molecular weight excluding hydrogens is 1130 g/mol. The monoisotopic (exact) mass is 1210 g/mol. The minimum atomic E-state index is -0.309. The summed E-state index contributed by atoms with van der Waals surface area (Å²) in [5, 5.41) is 1.02. The second kappa shape index (κ2) is 19.4. The van der Waals surface area contributed by atoms with Crippen LogP contribution in [0.5, 0.6) is 11.5 Å². The molecule has 1 aliphatic carbocycles. The summed E-state index contributed by atoms with van der Waals surface area (Å²) in [4.78, 5) is 9.39. The van der Waals surface area contributed by atoms with Crippen molar-refractivity contribution in [2.75, 3.05) is 9.80 Å². The minimum absolute atomic E-state index is 0. The molecule has 0 unspecified atom stereocenters. The molecule has 9 aromatic rings. The zero-order valence-electron chi connectivity index (χ0n) is 52.6. The number of benzene rings is 7. The van der Waals surface area contributed by atoms with Gasteiger partial charge in [-0.2, -0.15) is 12.1 Å². The van der Waals surface area contributed by atoms with E-state index >= 15 is 0 Å². The third-order valence-corrected chi connectivity index (χ3v) is 16.4. The Kier molecular flexibility index (Phi) is 12.4. The van der Waals surface area contributed by atoms with Gasteiger partial charge in [0.15, 0.2) is 0 Å². The fourth-order valence-corrected chi connectivity index (χ4v) is 11.5. The van der Waals surface area contributed by atoms with E-state index in [0.717, 1.165) is 41.2 Å². The molecule has 0 radical (unpaired) electrons. The number of aromatic nitrogens is 2. The first-order valence-electron chi connectivity index (χ1n) is 29.5. The third-order valence-electron chi connectivity index (χ3n) is 16.4. The van der Waals surface area contributed by atoms with E-state index in [0.29, 0.717) is 39.1 Å². The van der Waals surface area contributed by atoms with Crippen LogP contribution in [0.15, 0.2) is 146 Å². The largest absolute Gasteiger partial charge is 0.509 e. The summed E-state index contributed by atoms with van der Waals surface area (Å²) < 4.78 is 44.1. The van der Waals surface area contributed by atoms with Crippen molar-refractivity contribution in [3.05, 3.63) is 198 Å². The Morgan fingerprint density at radius 3 is 1.90 bits per heavy atom. The standard InChI is InChI=1S/C72H77N4O.Pt/c1-67(2,3)47-29-31-53(59(41-47)70(10,11)12)57-40-49(69(7,8)9)39-56(46-28-33-58-60(38-46)72(15,16)36-35-71(58,13)14)66(57)75-45-74(62-26-19-20-27-63(62)75)50-22-21-23-51(43-50)77-52-30-32-55-54-24-17-18-25-61(54)76(64(55)44-52)65-42-48(34-37-73-65)68(4,5)6;/h17-34,37-42,45H,35-36H2,1-16H3;/q-3;/i17D,18D,24D,25D;. The zero-order chi connectivity index (χ0) is 58.3. The molecule has 0 spiro atoms. The molecular formula is C72H77N4OPt-3. The summed E-state index contributed by atoms with van der Waals surface area (Å²) in [5.41, 5.74) is 16.8. The summed E-state index contributed by atoms with van der Waals surface area (Å²) in [7, 11) is 0. The van der Waals surface area contributed by atoms with E-state index < -0.39 is 0 Å². The van der Waals surface area contributed by atoms with Gasteiger partial charge in [0, 0.05) is 72.5 Å². The van der Waals surface area contributed by atoms with Crippen LogP contribution in [-0.4, -0.2) is 9.55 Å². The minimum Gasteiger partial charge on any atom is -0.509 e. The van der Waals surface area contributed by atoms with Crippen LogP contribution in [0.3, 0.4) is 0 Å². The molecule has 11 rings (SSSR count). The number of hydrogen-bond donors (Lipinski definition) is 0. The van der Waals surface area contributed by atoms with Crippen molar-refractivity contribution in [2.24, 2.45) is 0 Å². The maximum absolute atomic E-state index is 9.15. The fourth-order valence-electron chi connectivity index (χ4n) is 11.5. The molecule has 0 saturated heterocycles. The molecule has 0 atom stereocenters. The number of nitrogens with zero attached hydrogens (tertiary/aromatic N) is 4. The molecule has 2 aliphatic rings. The molecule has 3 heterocycles. The van der Waals surface area contributed by atoms with Gasteiger partial charge in [-0.25, -0.2) is 4.98 Å². The van der Waals surface area contributed by atoms with Crippen LogP contribution < -0.4 is 14.5 Å². The number of pyridine rings is 1. The molecule has 6 heteroatoms. The number of fused-ring (bicyclic) bond motifs is 5. The Morgan fingerprint density at radius 1 is 0.564 bits per heavy atom. The van der Waals surface area contributed by atoms with Gasteiger partial charge in [-0.1, -0.05) is 183 Å². The van der Waals surface area contributed by atoms with Crippen LogP contribution in [0, 0.1) is 18.8 Å². The number of para-hydroxylation sites is 3. The molecule has 0 saturated carbocycles. The van der Waals surface area contributed by atoms with Gasteiger partial charge >= 0.3 is 0 Å². The number of ether oxygens (including phenoxy) is 1. The van der Waals surface area contributed by atoms with Gasteiger partial charge in [0.1, 0.15) is 5.82 Å². The van der Waals surface area contributed by atoms with Crippen molar-refractivity contribution in [3.63, 3.8) is 0 Å². The summed E-state index contributed by atoms with van der Waals surface area (Å²) in [6.07, 6.45) is 4.01. The summed E-state index contributed by atoms with van der Waals surface area (Å²) in [6, 6.07) is 47.8. The molecule has 7 aromatic carbocycles. The van der Waals surface area contributed by atoms with Crippen molar-refractivity contribution in [3.8, 4) is 39.6 Å². The maximum Gasteiger partial charge on any atom is 0.135 e. The first-order valence-corrected chi connectivity index (χ1v) is 27.5. The fraction of sp³-hybridized carbons (Fsp3) is 0.333. The summed E-state index contributed by atoms with van der Waals surface area (Å²) >= 11 is 0. The van der Waals surface area contributed by atoms with Gasteiger partial charge < -0.3 is 19.1 Å². The Bertz CT molecular complexity index is 4010. The third kappa shape index (κ3) is 9.92. The van der Waals surface area contributed by atoms with E-state index in [1.807, 2.05) is 30.3 Å². The topological polar surface area (TPSA) is 33.5 Å². The van der Waals surface area contributed by atoms with Crippen molar-refractivity contribution in [2.45, 2.75) is 156 Å². The van der Waals surface area contributed by atoms with E-state index in [9.17, 15) is 0 Å². The smallest absolute Gasteiger partial charge is 0.135 e. The van der Waals surface area contributed by atoms with Crippen LogP contribution in [0.25, 0.3) is 49.9 Å². The normalized spacial score (nSPS) is 16.1. The first-order chi connectivity index (χ1) is 37.8. The Morgan fingerprint density at radius 2 is 1.21 bits per heavy atom. The summed E-state index contributed by atoms with van der Waals surface area (Å²) in [5.74, 6) is 1.39. The van der Waals surface area contributed by atoms with Crippen LogP contribution in [0.4, 0.5) is 22.7 Å². The second-order valence-electron chi connectivity index (χ2n) is 27.1. The van der Waals surface area contributed by atoms with Gasteiger partial charge in [-0.05, 0) is 138 Å². The number of rotatable bonds is 7. The first kappa shape index (κ1) is 49.8. The van der Waals surface area contributed by atoms with Crippen LogP contribution in [0.1, 0.15) is 162 Å². The van der Waals surface area contributed by atoms with Crippen molar-refractivity contribution >= 4 is 44.6 Å². The molecule has 0 amide bonds. The average Bonchev–Trinajstić information content (AvgIpc) is 3.10. The maximum atomic E-state index is 9.15. The Balaban J connectivity index is 0.00000753. The second-order valence-corrected chi connectivity index (χ2v) is 27.1. The molecule has 0 fully saturated rings. The van der Waals surface area contributed by atoms with E-state index in [1.54, 1.807) is 16.8 Å². The molecule has 5 nitrogen and oxygen atoms in total. The van der Waals surface area contributed by atoms with Crippen LogP contribution in [0.2, 0.25) is 0 Å². The van der Waals surface area contributed by atoms with Gasteiger partial charge in [0.2, 0.25) is 0 Å². The van der Waals surface area contributed by atoms with Crippen molar-refractivity contribution in [1.29, 1.82) is 0 Å². The quantitative estimate of drug-likeness (QED) is 0.149. The van der Waals surface area contributed by atoms with Crippen molar-refractivity contribution < 1.29 is 31.3 Å². The van der Waals surface area contributed by atoms with E-state index in [1.165, 1.54) is 50.1 Å². The van der Waals surface area contributed by atoms with E-state index in [2.05, 4.69) is 218 Å². The van der Waals surface area contributed by atoms with E-state index in [-0.39, 0.29) is 77.7 Å². The predicted molar refractivity (Wildman–Crippen MR) is 325 cm³/mol. The van der Waals surface area contributed by atoms with Gasteiger partial charge in [0.25, 0.3) is 0 Å². The van der Waals surface area contributed by atoms with Crippen LogP contribution >= 0.6 is 0 Å². The predicted octanol–water partition coefficient (Wildman–Crippen LogP) is 19.9. The molecule has 0 N–H and O–H groups in total. The molecule has 78 heavy (non-hydrogen) atoms. The Labute approximate surface area is 486 Å². The van der Waals surface area contributed by atoms with E-state index in [4.69, 9.17) is 15.2 Å². The van der Waals surface area contributed by atoms with Crippen molar-refractivity contribution in [1.82, 2.24) is 9.55 Å². The van der Waals surface area contributed by atoms with Gasteiger partial charge in [-0.15, -0.1) is 48.1 Å². The molecule has 0 bridgehead atoms. The molecule has 1 aliphatic heterocycles. The Hall–Kier alpha value is -6.42. The van der Waals surface area contributed by atoms with Crippen LogP contribution in [-0.2, 0) is 53.6 Å². The number of hydrogen-bond acceptors (Lipinski definition) is 4. The number of anilines is 4. The molecule has 404 valence electrons.